The summed E-state index contributed by atoms with van der Waals surface area (Å²) in [5, 5.41) is 6.63. The van der Waals surface area contributed by atoms with Crippen molar-refractivity contribution in [2.45, 2.75) is 33.2 Å². The Hall–Kier alpha value is -2.51. The molecule has 118 valence electrons. The fraction of sp³-hybridized carbons (Fsp3) is 0.500. The van der Waals surface area contributed by atoms with Crippen LogP contribution >= 0.6 is 0 Å². The Morgan fingerprint density at radius 1 is 1.41 bits per heavy atom. The molecule has 0 unspecified atom stereocenters. The van der Waals surface area contributed by atoms with Gasteiger partial charge in [-0.1, -0.05) is 12.1 Å². The molecule has 1 atom stereocenters. The number of hydrogen-bond donors (Lipinski definition) is 1. The first kappa shape index (κ1) is 15.9. The van der Waals surface area contributed by atoms with Crippen molar-refractivity contribution in [2.75, 3.05) is 19.0 Å². The third kappa shape index (κ3) is 3.38. The first-order valence-electron chi connectivity index (χ1n) is 7.06. The average Bonchev–Trinajstić information content (AvgIpc) is 2.95. The highest BCUT2D eigenvalue weighted by Gasteiger charge is 2.19. The van der Waals surface area contributed by atoms with Crippen LogP contribution in [-0.4, -0.2) is 40.1 Å². The molecule has 0 aromatic carbocycles. The van der Waals surface area contributed by atoms with E-state index in [1.807, 2.05) is 21.0 Å². The predicted octanol–water partition coefficient (Wildman–Crippen LogP) is 1.29. The first-order valence-corrected chi connectivity index (χ1v) is 7.06. The Kier molecular flexibility index (Phi) is 4.69. The third-order valence-electron chi connectivity index (χ3n) is 3.13. The molecule has 0 aliphatic rings. The van der Waals surface area contributed by atoms with Gasteiger partial charge in [-0.25, -0.2) is 9.97 Å². The topological polar surface area (TPSA) is 97.0 Å². The molecule has 8 nitrogen and oxygen atoms in total. The van der Waals surface area contributed by atoms with Crippen LogP contribution in [0, 0.1) is 6.92 Å². The smallest absolute Gasteiger partial charge is 0.255 e. The maximum absolute atomic E-state index is 12.3. The van der Waals surface area contributed by atoms with Crippen molar-refractivity contribution in [3.63, 3.8) is 0 Å². The van der Waals surface area contributed by atoms with Gasteiger partial charge in [0, 0.05) is 26.7 Å². The van der Waals surface area contributed by atoms with E-state index in [1.165, 1.54) is 6.20 Å². The van der Waals surface area contributed by atoms with Gasteiger partial charge in [0.1, 0.15) is 6.04 Å². The largest absolute Gasteiger partial charge is 0.347 e. The van der Waals surface area contributed by atoms with E-state index >= 15 is 0 Å². The van der Waals surface area contributed by atoms with Gasteiger partial charge in [0.15, 0.2) is 5.82 Å². The fourth-order valence-corrected chi connectivity index (χ4v) is 1.82. The number of aromatic nitrogens is 4. The van der Waals surface area contributed by atoms with E-state index in [4.69, 9.17) is 4.52 Å². The number of hydrogen-bond acceptors (Lipinski definition) is 7. The lowest BCUT2D eigenvalue weighted by molar-refractivity contribution is 0.0931. The van der Waals surface area contributed by atoms with Crippen LogP contribution in [0.2, 0.25) is 0 Å². The van der Waals surface area contributed by atoms with Crippen molar-refractivity contribution in [3.05, 3.63) is 29.2 Å². The molecule has 2 aromatic rings. The molecular weight excluding hydrogens is 284 g/mol. The predicted molar refractivity (Wildman–Crippen MR) is 80.7 cm³/mol. The lowest BCUT2D eigenvalue weighted by Gasteiger charge is -2.13. The van der Waals surface area contributed by atoms with Crippen LogP contribution in [0.5, 0.6) is 0 Å². The summed E-state index contributed by atoms with van der Waals surface area (Å²) in [6, 6.07) is -0.381. The Morgan fingerprint density at radius 3 is 2.68 bits per heavy atom. The van der Waals surface area contributed by atoms with Gasteiger partial charge in [-0.05, 0) is 13.8 Å². The zero-order chi connectivity index (χ0) is 16.3. The highest BCUT2D eigenvalue weighted by atomic mass is 16.5. The van der Waals surface area contributed by atoms with Gasteiger partial charge in [-0.3, -0.25) is 4.79 Å². The molecule has 1 N–H and O–H groups in total. The summed E-state index contributed by atoms with van der Waals surface area (Å²) >= 11 is 0. The summed E-state index contributed by atoms with van der Waals surface area (Å²) < 4.78 is 5.12. The lowest BCUT2D eigenvalue weighted by Crippen LogP contribution is -2.28. The Bertz CT molecular complexity index is 667. The molecule has 0 fully saturated rings. The van der Waals surface area contributed by atoms with Crippen molar-refractivity contribution in [2.24, 2.45) is 0 Å². The quantitative estimate of drug-likeness (QED) is 0.888. The Morgan fingerprint density at radius 2 is 2.14 bits per heavy atom. The van der Waals surface area contributed by atoms with Crippen molar-refractivity contribution in [1.82, 2.24) is 25.4 Å². The number of nitrogens with zero attached hydrogens (tertiary/aromatic N) is 5. The van der Waals surface area contributed by atoms with Crippen LogP contribution in [0.1, 0.15) is 47.7 Å². The number of anilines is 1. The molecule has 0 aliphatic heterocycles. The monoisotopic (exact) mass is 304 g/mol. The zero-order valence-corrected chi connectivity index (χ0v) is 13.4. The molecule has 0 saturated carbocycles. The summed E-state index contributed by atoms with van der Waals surface area (Å²) in [4.78, 5) is 26.8. The number of carbonyl (C=O) groups is 1. The van der Waals surface area contributed by atoms with Gasteiger partial charge in [0.05, 0.1) is 11.3 Å². The molecule has 0 bridgehead atoms. The van der Waals surface area contributed by atoms with Crippen LogP contribution < -0.4 is 10.2 Å². The first-order chi connectivity index (χ1) is 10.4. The van der Waals surface area contributed by atoms with E-state index in [0.29, 0.717) is 35.3 Å². The van der Waals surface area contributed by atoms with Crippen LogP contribution in [0.3, 0.4) is 0 Å². The number of nitrogens with one attached hydrogen (secondary N) is 1. The summed E-state index contributed by atoms with van der Waals surface area (Å²) in [5.74, 6) is 1.29. The van der Waals surface area contributed by atoms with Crippen LogP contribution in [0.25, 0.3) is 0 Å². The van der Waals surface area contributed by atoms with E-state index in [9.17, 15) is 4.79 Å². The average molecular weight is 304 g/mol. The summed E-state index contributed by atoms with van der Waals surface area (Å²) in [6.07, 6.45) is 2.20. The van der Waals surface area contributed by atoms with Crippen LogP contribution in [0.4, 0.5) is 5.95 Å². The van der Waals surface area contributed by atoms with Crippen molar-refractivity contribution in [3.8, 4) is 0 Å². The second kappa shape index (κ2) is 6.50. The van der Waals surface area contributed by atoms with Gasteiger partial charge in [-0.2, -0.15) is 4.98 Å². The van der Waals surface area contributed by atoms with Gasteiger partial charge in [0.2, 0.25) is 11.8 Å². The number of carbonyl (C=O) groups excluding carboxylic acids is 1. The Balaban J connectivity index is 2.11. The van der Waals surface area contributed by atoms with Crippen LogP contribution in [0.15, 0.2) is 10.7 Å². The number of aryl methyl sites for hydroxylation is 2. The summed E-state index contributed by atoms with van der Waals surface area (Å²) in [7, 11) is 3.69. The van der Waals surface area contributed by atoms with Gasteiger partial charge in [-0.15, -0.1) is 0 Å². The number of rotatable bonds is 5. The molecule has 0 saturated heterocycles. The van der Waals surface area contributed by atoms with E-state index in [2.05, 4.69) is 25.4 Å². The SMILES string of the molecule is CCc1noc([C@@H](C)NC(=O)c2cnc(N(C)C)nc2C)n1. The van der Waals surface area contributed by atoms with Gasteiger partial charge < -0.3 is 14.7 Å². The third-order valence-corrected chi connectivity index (χ3v) is 3.13. The van der Waals surface area contributed by atoms with E-state index in [0.717, 1.165) is 0 Å². The van der Waals surface area contributed by atoms with E-state index in [1.54, 1.807) is 18.7 Å². The molecular formula is C14H20N6O2. The molecule has 1 amide bonds. The number of amides is 1. The molecule has 2 rings (SSSR count). The normalized spacial score (nSPS) is 12.0. The Labute approximate surface area is 129 Å². The molecule has 22 heavy (non-hydrogen) atoms. The van der Waals surface area contributed by atoms with E-state index < -0.39 is 0 Å². The summed E-state index contributed by atoms with van der Waals surface area (Å²) in [5.41, 5.74) is 1.04. The molecule has 0 aliphatic carbocycles. The van der Waals surface area contributed by atoms with Gasteiger partial charge in [0.25, 0.3) is 5.91 Å². The zero-order valence-electron chi connectivity index (χ0n) is 13.4. The standard InChI is InChI=1S/C14H20N6O2/c1-6-11-18-13(22-19-11)9(3)16-12(21)10-7-15-14(20(4)5)17-8(10)2/h7,9H,6H2,1-5H3,(H,16,21)/t9-/m1/s1. The maximum Gasteiger partial charge on any atom is 0.255 e. The minimum atomic E-state index is -0.381. The summed E-state index contributed by atoms with van der Waals surface area (Å²) in [6.45, 7) is 5.50. The minimum absolute atomic E-state index is 0.272. The van der Waals surface area contributed by atoms with E-state index in [-0.39, 0.29) is 11.9 Å². The molecule has 0 spiro atoms. The second-order valence-corrected chi connectivity index (χ2v) is 5.16. The highest BCUT2D eigenvalue weighted by molar-refractivity contribution is 5.95. The van der Waals surface area contributed by atoms with Crippen LogP contribution in [-0.2, 0) is 6.42 Å². The molecule has 2 aromatic heterocycles. The van der Waals surface area contributed by atoms with Gasteiger partial charge >= 0.3 is 0 Å². The maximum atomic E-state index is 12.3. The minimum Gasteiger partial charge on any atom is -0.347 e. The van der Waals surface area contributed by atoms with Crippen molar-refractivity contribution >= 4 is 11.9 Å². The second-order valence-electron chi connectivity index (χ2n) is 5.16. The fourth-order valence-electron chi connectivity index (χ4n) is 1.82. The molecule has 8 heteroatoms. The lowest BCUT2D eigenvalue weighted by atomic mass is 10.2. The van der Waals surface area contributed by atoms with Crippen molar-refractivity contribution in [1.29, 1.82) is 0 Å². The molecule has 0 radical (unpaired) electrons. The van der Waals surface area contributed by atoms with Crippen molar-refractivity contribution < 1.29 is 9.32 Å². The molecule has 2 heterocycles. The highest BCUT2D eigenvalue weighted by Crippen LogP contribution is 2.13.